The number of hydrogen-bond donors (Lipinski definition) is 1. The van der Waals surface area contributed by atoms with Gasteiger partial charge in [0, 0.05) is 18.2 Å². The summed E-state index contributed by atoms with van der Waals surface area (Å²) in [6.45, 7) is 6.58. The molecular formula is C13H16F2N4. The van der Waals surface area contributed by atoms with Gasteiger partial charge >= 0.3 is 0 Å². The van der Waals surface area contributed by atoms with Gasteiger partial charge in [-0.3, -0.25) is 0 Å². The van der Waals surface area contributed by atoms with Gasteiger partial charge in [-0.2, -0.15) is 0 Å². The van der Waals surface area contributed by atoms with Crippen LogP contribution in [0.25, 0.3) is 5.69 Å². The van der Waals surface area contributed by atoms with E-state index in [1.54, 1.807) is 6.20 Å². The van der Waals surface area contributed by atoms with Crippen LogP contribution in [-0.2, 0) is 6.54 Å². The van der Waals surface area contributed by atoms with Crippen molar-refractivity contribution in [3.8, 4) is 5.69 Å². The summed E-state index contributed by atoms with van der Waals surface area (Å²) in [7, 11) is 0. The Bertz CT molecular complexity index is 572. The Balaban J connectivity index is 2.28. The highest BCUT2D eigenvalue weighted by Crippen LogP contribution is 2.15. The number of nitrogens with zero attached hydrogens (tertiary/aromatic N) is 3. The summed E-state index contributed by atoms with van der Waals surface area (Å²) in [6.07, 6.45) is 1.56. The third-order valence-corrected chi connectivity index (χ3v) is 2.56. The molecule has 0 radical (unpaired) electrons. The van der Waals surface area contributed by atoms with Crippen molar-refractivity contribution in [3.63, 3.8) is 0 Å². The molecule has 19 heavy (non-hydrogen) atoms. The van der Waals surface area contributed by atoms with Crippen molar-refractivity contribution in [1.82, 2.24) is 20.3 Å². The number of aromatic nitrogens is 3. The van der Waals surface area contributed by atoms with E-state index >= 15 is 0 Å². The molecule has 0 saturated carbocycles. The number of benzene rings is 1. The predicted molar refractivity (Wildman–Crippen MR) is 67.9 cm³/mol. The van der Waals surface area contributed by atoms with Gasteiger partial charge in [0.1, 0.15) is 11.5 Å². The largest absolute Gasteiger partial charge is 0.306 e. The molecule has 0 aliphatic heterocycles. The number of halogens is 2. The number of hydrogen-bond acceptors (Lipinski definition) is 3. The zero-order valence-electron chi connectivity index (χ0n) is 11.1. The minimum atomic E-state index is -0.664. The minimum absolute atomic E-state index is 0.0730. The van der Waals surface area contributed by atoms with Crippen LogP contribution in [0.15, 0.2) is 24.4 Å². The van der Waals surface area contributed by atoms with Crippen molar-refractivity contribution in [2.75, 3.05) is 0 Å². The molecule has 1 N–H and O–H groups in total. The van der Waals surface area contributed by atoms with E-state index in [2.05, 4.69) is 15.6 Å². The van der Waals surface area contributed by atoms with E-state index in [0.29, 0.717) is 12.2 Å². The van der Waals surface area contributed by atoms with Gasteiger partial charge in [-0.15, -0.1) is 5.10 Å². The maximum Gasteiger partial charge on any atom is 0.151 e. The van der Waals surface area contributed by atoms with E-state index in [9.17, 15) is 8.78 Å². The maximum absolute atomic E-state index is 13.7. The van der Waals surface area contributed by atoms with Crippen LogP contribution in [0, 0.1) is 11.6 Å². The predicted octanol–water partition coefficient (Wildman–Crippen LogP) is 2.43. The van der Waals surface area contributed by atoms with Crippen molar-refractivity contribution in [3.05, 3.63) is 41.7 Å². The highest BCUT2D eigenvalue weighted by Gasteiger charge is 2.14. The molecule has 0 atom stereocenters. The third-order valence-electron chi connectivity index (χ3n) is 2.56. The highest BCUT2D eigenvalue weighted by atomic mass is 19.1. The molecule has 0 amide bonds. The van der Waals surface area contributed by atoms with Crippen molar-refractivity contribution >= 4 is 0 Å². The smallest absolute Gasteiger partial charge is 0.151 e. The summed E-state index contributed by atoms with van der Waals surface area (Å²) in [5, 5.41) is 10.9. The van der Waals surface area contributed by atoms with Gasteiger partial charge in [0.25, 0.3) is 0 Å². The summed E-state index contributed by atoms with van der Waals surface area (Å²) < 4.78 is 28.0. The summed E-state index contributed by atoms with van der Waals surface area (Å²) >= 11 is 0. The highest BCUT2D eigenvalue weighted by molar-refractivity contribution is 5.34. The van der Waals surface area contributed by atoms with E-state index in [1.807, 2.05) is 20.8 Å². The van der Waals surface area contributed by atoms with E-state index < -0.39 is 11.6 Å². The van der Waals surface area contributed by atoms with E-state index in [4.69, 9.17) is 0 Å². The van der Waals surface area contributed by atoms with E-state index in [1.165, 1.54) is 16.8 Å². The van der Waals surface area contributed by atoms with Gasteiger partial charge in [0.05, 0.1) is 11.9 Å². The molecule has 2 rings (SSSR count). The Labute approximate surface area is 110 Å². The van der Waals surface area contributed by atoms with Crippen molar-refractivity contribution in [1.29, 1.82) is 0 Å². The first-order valence-electron chi connectivity index (χ1n) is 5.97. The lowest BCUT2D eigenvalue weighted by atomic mass is 10.1. The number of rotatable bonds is 3. The first kappa shape index (κ1) is 13.6. The van der Waals surface area contributed by atoms with Gasteiger partial charge in [0.2, 0.25) is 0 Å². The van der Waals surface area contributed by atoms with Crippen LogP contribution in [-0.4, -0.2) is 20.5 Å². The standard InChI is InChI=1S/C13H16F2N4/c1-13(2,3)16-7-10-8-17-18-19(10)12-5-4-9(14)6-11(12)15/h4-6,8,16H,7H2,1-3H3. The zero-order chi connectivity index (χ0) is 14.0. The molecule has 0 unspecified atom stereocenters. The summed E-state index contributed by atoms with van der Waals surface area (Å²) in [4.78, 5) is 0. The molecule has 0 spiro atoms. The minimum Gasteiger partial charge on any atom is -0.306 e. The fourth-order valence-electron chi connectivity index (χ4n) is 1.59. The molecule has 0 saturated heterocycles. The molecule has 2 aromatic rings. The van der Waals surface area contributed by atoms with Crippen LogP contribution in [0.4, 0.5) is 8.78 Å². The molecule has 1 heterocycles. The average Bonchev–Trinajstić information content (AvgIpc) is 2.73. The third kappa shape index (κ3) is 3.35. The van der Waals surface area contributed by atoms with Gasteiger partial charge < -0.3 is 5.32 Å². The lowest BCUT2D eigenvalue weighted by molar-refractivity contribution is 0.417. The second-order valence-corrected chi connectivity index (χ2v) is 5.34. The van der Waals surface area contributed by atoms with Crippen LogP contribution in [0.1, 0.15) is 26.5 Å². The monoisotopic (exact) mass is 266 g/mol. The van der Waals surface area contributed by atoms with E-state index in [0.717, 1.165) is 6.07 Å². The molecule has 0 aliphatic carbocycles. The first-order valence-corrected chi connectivity index (χ1v) is 5.97. The fraction of sp³-hybridized carbons (Fsp3) is 0.385. The van der Waals surface area contributed by atoms with E-state index in [-0.39, 0.29) is 11.2 Å². The van der Waals surface area contributed by atoms with Crippen LogP contribution < -0.4 is 5.32 Å². The van der Waals surface area contributed by atoms with Crippen LogP contribution >= 0.6 is 0 Å². The van der Waals surface area contributed by atoms with Crippen molar-refractivity contribution < 1.29 is 8.78 Å². The molecule has 1 aromatic carbocycles. The average molecular weight is 266 g/mol. The maximum atomic E-state index is 13.7. The topological polar surface area (TPSA) is 42.7 Å². The Morgan fingerprint density at radius 2 is 2.00 bits per heavy atom. The van der Waals surface area contributed by atoms with Crippen molar-refractivity contribution in [2.45, 2.75) is 32.9 Å². The lowest BCUT2D eigenvalue weighted by Gasteiger charge is -2.20. The molecular weight excluding hydrogens is 250 g/mol. The molecule has 0 bridgehead atoms. The SMILES string of the molecule is CC(C)(C)NCc1cnnn1-c1ccc(F)cc1F. The zero-order valence-corrected chi connectivity index (χ0v) is 11.1. The fourth-order valence-corrected chi connectivity index (χ4v) is 1.59. The molecule has 1 aromatic heterocycles. The normalized spacial score (nSPS) is 11.8. The van der Waals surface area contributed by atoms with Gasteiger partial charge in [-0.25, -0.2) is 13.5 Å². The Kier molecular flexibility index (Phi) is 3.61. The number of nitrogens with one attached hydrogen (secondary N) is 1. The molecule has 0 fully saturated rings. The summed E-state index contributed by atoms with van der Waals surface area (Å²) in [6, 6.07) is 3.37. The Morgan fingerprint density at radius 3 is 2.63 bits per heavy atom. The molecule has 102 valence electrons. The molecule has 6 heteroatoms. The summed E-state index contributed by atoms with van der Waals surface area (Å²) in [5.74, 6) is -1.28. The summed E-state index contributed by atoms with van der Waals surface area (Å²) in [5.41, 5.74) is 0.821. The van der Waals surface area contributed by atoms with Gasteiger partial charge in [-0.1, -0.05) is 5.21 Å². The Hall–Kier alpha value is -1.82. The van der Waals surface area contributed by atoms with Crippen LogP contribution in [0.3, 0.4) is 0 Å². The van der Waals surface area contributed by atoms with Gasteiger partial charge in [0.15, 0.2) is 5.82 Å². The van der Waals surface area contributed by atoms with Crippen LogP contribution in [0.5, 0.6) is 0 Å². The first-order chi connectivity index (χ1) is 8.87. The lowest BCUT2D eigenvalue weighted by Crippen LogP contribution is -2.35. The van der Waals surface area contributed by atoms with Crippen LogP contribution in [0.2, 0.25) is 0 Å². The quantitative estimate of drug-likeness (QED) is 0.927. The van der Waals surface area contributed by atoms with Gasteiger partial charge in [-0.05, 0) is 32.9 Å². The van der Waals surface area contributed by atoms with Crippen molar-refractivity contribution in [2.24, 2.45) is 0 Å². The molecule has 0 aliphatic rings. The second kappa shape index (κ2) is 5.05. The second-order valence-electron chi connectivity index (χ2n) is 5.34. The Morgan fingerprint density at radius 1 is 1.26 bits per heavy atom. The molecule has 4 nitrogen and oxygen atoms in total.